The SMILES string of the molecule is [B]c1cnc(OC(F)(F)F)cc1C. The third-order valence-electron chi connectivity index (χ3n) is 1.35. The van der Waals surface area contributed by atoms with Crippen molar-refractivity contribution in [3.8, 4) is 5.88 Å². The van der Waals surface area contributed by atoms with Crippen molar-refractivity contribution in [3.63, 3.8) is 0 Å². The van der Waals surface area contributed by atoms with E-state index >= 15 is 0 Å². The summed E-state index contributed by atoms with van der Waals surface area (Å²) in [4.78, 5) is 3.36. The van der Waals surface area contributed by atoms with E-state index in [0.717, 1.165) is 12.3 Å². The Kier molecular flexibility index (Phi) is 2.49. The highest BCUT2D eigenvalue weighted by Gasteiger charge is 2.31. The molecular weight excluding hydrogens is 182 g/mol. The van der Waals surface area contributed by atoms with E-state index in [1.807, 2.05) is 0 Å². The van der Waals surface area contributed by atoms with E-state index in [1.54, 1.807) is 6.92 Å². The molecule has 0 atom stereocenters. The second kappa shape index (κ2) is 3.28. The number of ether oxygens (including phenoxy) is 1. The summed E-state index contributed by atoms with van der Waals surface area (Å²) in [5.74, 6) is -0.501. The lowest BCUT2D eigenvalue weighted by molar-refractivity contribution is -0.276. The predicted octanol–water partition coefficient (Wildman–Crippen LogP) is 1.08. The second-order valence-electron chi connectivity index (χ2n) is 2.43. The van der Waals surface area contributed by atoms with Gasteiger partial charge >= 0.3 is 6.36 Å². The number of aromatic nitrogens is 1. The summed E-state index contributed by atoms with van der Waals surface area (Å²) in [6.45, 7) is 1.57. The van der Waals surface area contributed by atoms with Gasteiger partial charge in [0.25, 0.3) is 0 Å². The average Bonchev–Trinajstić information content (AvgIpc) is 1.94. The molecule has 0 N–H and O–H groups in total. The zero-order chi connectivity index (χ0) is 10.1. The summed E-state index contributed by atoms with van der Waals surface area (Å²) in [6, 6.07) is 1.13. The van der Waals surface area contributed by atoms with Gasteiger partial charge in [0, 0.05) is 12.3 Å². The molecule has 13 heavy (non-hydrogen) atoms. The molecule has 0 spiro atoms. The van der Waals surface area contributed by atoms with Gasteiger partial charge in [0.1, 0.15) is 7.85 Å². The first-order valence-corrected chi connectivity index (χ1v) is 3.36. The van der Waals surface area contributed by atoms with Crippen molar-refractivity contribution < 1.29 is 17.9 Å². The Bertz CT molecular complexity index is 313. The smallest absolute Gasteiger partial charge is 0.388 e. The molecule has 6 heteroatoms. The van der Waals surface area contributed by atoms with Crippen molar-refractivity contribution in [1.82, 2.24) is 4.98 Å². The van der Waals surface area contributed by atoms with Crippen molar-refractivity contribution in [3.05, 3.63) is 17.8 Å². The highest BCUT2D eigenvalue weighted by atomic mass is 19.4. The van der Waals surface area contributed by atoms with E-state index < -0.39 is 12.2 Å². The fourth-order valence-corrected chi connectivity index (χ4v) is 0.715. The highest BCUT2D eigenvalue weighted by Crippen LogP contribution is 2.20. The third-order valence-corrected chi connectivity index (χ3v) is 1.35. The van der Waals surface area contributed by atoms with Crippen LogP contribution in [-0.2, 0) is 0 Å². The van der Waals surface area contributed by atoms with Crippen LogP contribution >= 0.6 is 0 Å². The van der Waals surface area contributed by atoms with Gasteiger partial charge in [-0.05, 0) is 6.92 Å². The second-order valence-corrected chi connectivity index (χ2v) is 2.43. The van der Waals surface area contributed by atoms with Crippen LogP contribution in [-0.4, -0.2) is 19.2 Å². The zero-order valence-corrected chi connectivity index (χ0v) is 6.72. The molecule has 0 bridgehead atoms. The number of nitrogens with zero attached hydrogens (tertiary/aromatic N) is 1. The molecule has 0 saturated heterocycles. The summed E-state index contributed by atoms with van der Waals surface area (Å²) >= 11 is 0. The van der Waals surface area contributed by atoms with Crippen molar-refractivity contribution in [2.75, 3.05) is 0 Å². The van der Waals surface area contributed by atoms with Crippen LogP contribution in [0.4, 0.5) is 13.2 Å². The van der Waals surface area contributed by atoms with Crippen molar-refractivity contribution in [2.24, 2.45) is 0 Å². The molecule has 0 saturated carbocycles. The molecule has 1 aromatic rings. The van der Waals surface area contributed by atoms with Gasteiger partial charge in [-0.25, -0.2) is 4.98 Å². The number of rotatable bonds is 1. The molecule has 0 aliphatic rings. The highest BCUT2D eigenvalue weighted by molar-refractivity contribution is 6.33. The van der Waals surface area contributed by atoms with Gasteiger partial charge in [0.05, 0.1) is 0 Å². The Morgan fingerprint density at radius 3 is 2.54 bits per heavy atom. The molecular formula is C7H5BF3NO. The molecule has 0 amide bonds. The van der Waals surface area contributed by atoms with Crippen LogP contribution in [0.2, 0.25) is 0 Å². The van der Waals surface area contributed by atoms with Crippen molar-refractivity contribution >= 4 is 13.3 Å². The van der Waals surface area contributed by atoms with Gasteiger partial charge < -0.3 is 4.74 Å². The number of halogens is 3. The first-order chi connectivity index (χ1) is 5.88. The first kappa shape index (κ1) is 9.89. The van der Waals surface area contributed by atoms with Crippen LogP contribution in [0.25, 0.3) is 0 Å². The molecule has 1 rings (SSSR count). The van der Waals surface area contributed by atoms with Gasteiger partial charge in [-0.3, -0.25) is 0 Å². The summed E-state index contributed by atoms with van der Waals surface area (Å²) in [5.41, 5.74) is 0.823. The minimum Gasteiger partial charge on any atom is -0.388 e. The van der Waals surface area contributed by atoms with Gasteiger partial charge in [-0.1, -0.05) is 11.0 Å². The quantitative estimate of drug-likeness (QED) is 0.613. The predicted molar refractivity (Wildman–Crippen MR) is 41.0 cm³/mol. The lowest BCUT2D eigenvalue weighted by atomic mass is 9.94. The van der Waals surface area contributed by atoms with Crippen LogP contribution in [0.15, 0.2) is 12.3 Å². The molecule has 68 valence electrons. The maximum atomic E-state index is 11.7. The molecule has 0 fully saturated rings. The number of hydrogen-bond acceptors (Lipinski definition) is 2. The van der Waals surface area contributed by atoms with Gasteiger partial charge in [0.2, 0.25) is 5.88 Å². The summed E-state index contributed by atoms with van der Waals surface area (Å²) in [7, 11) is 5.35. The van der Waals surface area contributed by atoms with Gasteiger partial charge in [0.15, 0.2) is 0 Å². The van der Waals surface area contributed by atoms with E-state index in [2.05, 4.69) is 9.72 Å². The normalized spacial score (nSPS) is 11.4. The molecule has 0 unspecified atom stereocenters. The molecule has 1 aromatic heterocycles. The Morgan fingerprint density at radius 2 is 2.08 bits per heavy atom. The lowest BCUT2D eigenvalue weighted by Gasteiger charge is -2.08. The van der Waals surface area contributed by atoms with Gasteiger partial charge in [-0.15, -0.1) is 13.2 Å². The number of aryl methyl sites for hydroxylation is 1. The van der Waals surface area contributed by atoms with Gasteiger partial charge in [-0.2, -0.15) is 0 Å². The van der Waals surface area contributed by atoms with Crippen LogP contribution in [0.1, 0.15) is 5.56 Å². The molecule has 0 aliphatic heterocycles. The molecule has 0 aliphatic carbocycles. The summed E-state index contributed by atoms with van der Waals surface area (Å²) in [5, 5.41) is 0. The molecule has 1 heterocycles. The van der Waals surface area contributed by atoms with Crippen LogP contribution in [0.5, 0.6) is 5.88 Å². The minimum atomic E-state index is -4.71. The van der Waals surface area contributed by atoms with Crippen LogP contribution in [0, 0.1) is 6.92 Å². The van der Waals surface area contributed by atoms with E-state index in [9.17, 15) is 13.2 Å². The molecule has 2 nitrogen and oxygen atoms in total. The fourth-order valence-electron chi connectivity index (χ4n) is 0.715. The molecule has 0 aromatic carbocycles. The topological polar surface area (TPSA) is 22.1 Å². The maximum absolute atomic E-state index is 11.7. The van der Waals surface area contributed by atoms with Crippen LogP contribution in [0.3, 0.4) is 0 Å². The van der Waals surface area contributed by atoms with Crippen molar-refractivity contribution in [1.29, 1.82) is 0 Å². The van der Waals surface area contributed by atoms with E-state index in [-0.39, 0.29) is 0 Å². The maximum Gasteiger partial charge on any atom is 0.574 e. The number of hydrogen-bond donors (Lipinski definition) is 0. The standard InChI is InChI=1S/C7H5BF3NO/c1-4-2-6(12-3-5(4)8)13-7(9,10)11/h2-3H,1H3. The first-order valence-electron chi connectivity index (χ1n) is 3.36. The Labute approximate surface area is 74.1 Å². The Balaban J connectivity index is 2.86. The summed E-state index contributed by atoms with van der Waals surface area (Å²) in [6.07, 6.45) is -3.59. The summed E-state index contributed by atoms with van der Waals surface area (Å²) < 4.78 is 38.6. The average molecular weight is 187 g/mol. The van der Waals surface area contributed by atoms with Crippen LogP contribution < -0.4 is 10.2 Å². The molecule has 2 radical (unpaired) electrons. The van der Waals surface area contributed by atoms with E-state index in [1.165, 1.54) is 0 Å². The number of alkyl halides is 3. The minimum absolute atomic E-state index is 0.328. The number of pyridine rings is 1. The Morgan fingerprint density at radius 1 is 1.46 bits per heavy atom. The Hall–Kier alpha value is -1.20. The lowest BCUT2D eigenvalue weighted by Crippen LogP contribution is -2.19. The third kappa shape index (κ3) is 2.97. The largest absolute Gasteiger partial charge is 0.574 e. The monoisotopic (exact) mass is 187 g/mol. The van der Waals surface area contributed by atoms with E-state index in [0.29, 0.717) is 11.0 Å². The fraction of sp³-hybridized carbons (Fsp3) is 0.286. The zero-order valence-electron chi connectivity index (χ0n) is 6.72. The van der Waals surface area contributed by atoms with E-state index in [4.69, 9.17) is 7.85 Å². The van der Waals surface area contributed by atoms with Crippen molar-refractivity contribution in [2.45, 2.75) is 13.3 Å².